The molecular formula is C24H29FN2O2. The van der Waals surface area contributed by atoms with Gasteiger partial charge in [0, 0.05) is 25.6 Å². The second-order valence-corrected chi connectivity index (χ2v) is 8.29. The van der Waals surface area contributed by atoms with Crippen molar-refractivity contribution in [1.82, 2.24) is 10.2 Å². The third-order valence-electron chi connectivity index (χ3n) is 5.36. The normalized spacial score (nSPS) is 14.9. The zero-order valence-corrected chi connectivity index (χ0v) is 17.4. The van der Waals surface area contributed by atoms with Crippen molar-refractivity contribution in [3.63, 3.8) is 0 Å². The summed E-state index contributed by atoms with van der Waals surface area (Å²) in [5, 5.41) is 2.93. The Morgan fingerprint density at radius 1 is 1.07 bits per heavy atom. The first-order valence-corrected chi connectivity index (χ1v) is 10.3. The molecule has 4 nitrogen and oxygen atoms in total. The number of carbonyl (C=O) groups excluding carboxylic acids is 2. The maximum absolute atomic E-state index is 14.6. The smallest absolute Gasteiger partial charge is 0.254 e. The van der Waals surface area contributed by atoms with Crippen LogP contribution in [0, 0.1) is 18.7 Å². The van der Waals surface area contributed by atoms with Crippen LogP contribution in [0.25, 0.3) is 11.1 Å². The first-order valence-electron chi connectivity index (χ1n) is 10.3. The summed E-state index contributed by atoms with van der Waals surface area (Å²) in [7, 11) is 0. The van der Waals surface area contributed by atoms with E-state index in [9.17, 15) is 14.0 Å². The van der Waals surface area contributed by atoms with Crippen molar-refractivity contribution in [3.05, 3.63) is 59.4 Å². The number of benzene rings is 2. The highest BCUT2D eigenvalue weighted by Crippen LogP contribution is 2.23. The number of hydrogen-bond acceptors (Lipinski definition) is 2. The zero-order valence-electron chi connectivity index (χ0n) is 17.4. The lowest BCUT2D eigenvalue weighted by atomic mass is 10.0. The fourth-order valence-corrected chi connectivity index (χ4v) is 3.64. The molecule has 0 aliphatic carbocycles. The van der Waals surface area contributed by atoms with Gasteiger partial charge in [-0.05, 0) is 48.9 Å². The lowest BCUT2D eigenvalue weighted by Gasteiger charge is -2.33. The van der Waals surface area contributed by atoms with E-state index in [0.29, 0.717) is 38.3 Å². The molecule has 5 heteroatoms. The summed E-state index contributed by atoms with van der Waals surface area (Å²) in [5.74, 6) is -0.414. The number of aryl methyl sites for hydroxylation is 1. The number of amides is 2. The molecule has 3 rings (SSSR count). The molecule has 1 heterocycles. The third kappa shape index (κ3) is 5.43. The van der Waals surface area contributed by atoms with Crippen LogP contribution in [-0.2, 0) is 4.79 Å². The molecule has 154 valence electrons. The van der Waals surface area contributed by atoms with E-state index in [2.05, 4.69) is 5.32 Å². The molecule has 1 aliphatic rings. The van der Waals surface area contributed by atoms with Crippen LogP contribution in [0.5, 0.6) is 0 Å². The van der Waals surface area contributed by atoms with Gasteiger partial charge in [0.2, 0.25) is 5.91 Å². The van der Waals surface area contributed by atoms with E-state index in [4.69, 9.17) is 0 Å². The Labute approximate surface area is 172 Å². The summed E-state index contributed by atoms with van der Waals surface area (Å²) >= 11 is 0. The van der Waals surface area contributed by atoms with Gasteiger partial charge in [-0.2, -0.15) is 0 Å². The summed E-state index contributed by atoms with van der Waals surface area (Å²) in [6, 6.07) is 12.5. The topological polar surface area (TPSA) is 49.4 Å². The lowest BCUT2D eigenvalue weighted by Crippen LogP contribution is -2.46. The first-order chi connectivity index (χ1) is 13.8. The quantitative estimate of drug-likeness (QED) is 0.805. The molecule has 0 radical (unpaired) electrons. The second-order valence-electron chi connectivity index (χ2n) is 8.29. The number of nitrogens with one attached hydrogen (secondary N) is 1. The molecule has 1 aliphatic heterocycles. The van der Waals surface area contributed by atoms with Gasteiger partial charge in [-0.3, -0.25) is 9.59 Å². The number of hydrogen-bond donors (Lipinski definition) is 1. The number of piperidine rings is 1. The number of carbonyl (C=O) groups is 2. The Kier molecular flexibility index (Phi) is 6.68. The molecule has 1 saturated heterocycles. The van der Waals surface area contributed by atoms with E-state index in [1.165, 1.54) is 6.07 Å². The van der Waals surface area contributed by atoms with Crippen LogP contribution in [-0.4, -0.2) is 35.8 Å². The number of nitrogens with zero attached hydrogens (tertiary/aromatic N) is 1. The van der Waals surface area contributed by atoms with E-state index in [1.54, 1.807) is 12.1 Å². The van der Waals surface area contributed by atoms with Crippen molar-refractivity contribution < 1.29 is 14.0 Å². The van der Waals surface area contributed by atoms with Crippen molar-refractivity contribution in [1.29, 1.82) is 0 Å². The Balaban J connectivity index is 1.59. The Morgan fingerprint density at radius 3 is 2.28 bits per heavy atom. The van der Waals surface area contributed by atoms with Crippen molar-refractivity contribution in [3.8, 4) is 11.1 Å². The van der Waals surface area contributed by atoms with E-state index in [1.807, 2.05) is 49.9 Å². The van der Waals surface area contributed by atoms with Gasteiger partial charge in [0.05, 0.1) is 5.56 Å². The van der Waals surface area contributed by atoms with Crippen LogP contribution in [0.3, 0.4) is 0 Å². The predicted molar refractivity (Wildman–Crippen MR) is 113 cm³/mol. The zero-order chi connectivity index (χ0) is 21.0. The predicted octanol–water partition coefficient (Wildman–Crippen LogP) is 4.57. The fourth-order valence-electron chi connectivity index (χ4n) is 3.64. The van der Waals surface area contributed by atoms with Crippen molar-refractivity contribution >= 4 is 11.8 Å². The highest BCUT2D eigenvalue weighted by Gasteiger charge is 2.25. The van der Waals surface area contributed by atoms with Crippen LogP contribution in [0.1, 0.15) is 49.0 Å². The van der Waals surface area contributed by atoms with Gasteiger partial charge in [-0.15, -0.1) is 0 Å². The minimum absolute atomic E-state index is 0.0400. The maximum Gasteiger partial charge on any atom is 0.254 e. The number of rotatable bonds is 5. The van der Waals surface area contributed by atoms with Gasteiger partial charge < -0.3 is 10.2 Å². The molecule has 0 saturated carbocycles. The molecular weight excluding hydrogens is 367 g/mol. The Bertz CT molecular complexity index is 869. The average molecular weight is 397 g/mol. The first kappa shape index (κ1) is 21.0. The van der Waals surface area contributed by atoms with E-state index >= 15 is 0 Å². The molecule has 2 aromatic rings. The number of halogens is 1. The van der Waals surface area contributed by atoms with E-state index < -0.39 is 11.7 Å². The third-order valence-corrected chi connectivity index (χ3v) is 5.36. The van der Waals surface area contributed by atoms with Gasteiger partial charge in [0.1, 0.15) is 5.82 Å². The van der Waals surface area contributed by atoms with Crippen LogP contribution in [0.2, 0.25) is 0 Å². The summed E-state index contributed by atoms with van der Waals surface area (Å²) in [6.07, 6.45) is 1.94. The van der Waals surface area contributed by atoms with Crippen LogP contribution in [0.4, 0.5) is 4.39 Å². The molecule has 1 fully saturated rings. The van der Waals surface area contributed by atoms with E-state index in [-0.39, 0.29) is 17.5 Å². The van der Waals surface area contributed by atoms with Gasteiger partial charge in [0.15, 0.2) is 0 Å². The van der Waals surface area contributed by atoms with Crippen LogP contribution < -0.4 is 5.32 Å². The highest BCUT2D eigenvalue weighted by atomic mass is 19.1. The van der Waals surface area contributed by atoms with Gasteiger partial charge in [-0.25, -0.2) is 4.39 Å². The number of likely N-dealkylation sites (tertiary alicyclic amines) is 1. The van der Waals surface area contributed by atoms with Crippen molar-refractivity contribution in [2.75, 3.05) is 13.1 Å². The average Bonchev–Trinajstić information content (AvgIpc) is 2.68. The minimum Gasteiger partial charge on any atom is -0.349 e. The molecule has 0 bridgehead atoms. The molecule has 2 amide bonds. The SMILES string of the molecule is Cc1ccc(-c2ccc(C(=O)NC3CCN(C(=O)CC(C)C)CC3)c(F)c2)cc1. The van der Waals surface area contributed by atoms with Gasteiger partial charge >= 0.3 is 0 Å². The molecule has 29 heavy (non-hydrogen) atoms. The molecule has 1 N–H and O–H groups in total. The molecule has 2 aromatic carbocycles. The summed E-state index contributed by atoms with van der Waals surface area (Å²) in [6.45, 7) is 7.33. The largest absolute Gasteiger partial charge is 0.349 e. The Morgan fingerprint density at radius 2 is 1.69 bits per heavy atom. The summed E-state index contributed by atoms with van der Waals surface area (Å²) in [4.78, 5) is 26.6. The summed E-state index contributed by atoms with van der Waals surface area (Å²) < 4.78 is 14.6. The maximum atomic E-state index is 14.6. The van der Waals surface area contributed by atoms with E-state index in [0.717, 1.165) is 16.7 Å². The van der Waals surface area contributed by atoms with Crippen molar-refractivity contribution in [2.24, 2.45) is 5.92 Å². The summed E-state index contributed by atoms with van der Waals surface area (Å²) in [5.41, 5.74) is 2.86. The minimum atomic E-state index is -0.523. The van der Waals surface area contributed by atoms with Gasteiger partial charge in [-0.1, -0.05) is 49.7 Å². The highest BCUT2D eigenvalue weighted by molar-refractivity contribution is 5.95. The van der Waals surface area contributed by atoms with Crippen LogP contribution in [0.15, 0.2) is 42.5 Å². The molecule has 0 unspecified atom stereocenters. The molecule has 0 aromatic heterocycles. The van der Waals surface area contributed by atoms with Crippen molar-refractivity contribution in [2.45, 2.75) is 46.1 Å². The lowest BCUT2D eigenvalue weighted by molar-refractivity contribution is -0.133. The monoisotopic (exact) mass is 396 g/mol. The second kappa shape index (κ2) is 9.21. The Hall–Kier alpha value is -2.69. The van der Waals surface area contributed by atoms with Gasteiger partial charge in [0.25, 0.3) is 5.91 Å². The standard InChI is InChI=1S/C24H29FN2O2/c1-16(2)14-23(28)27-12-10-20(11-13-27)26-24(29)21-9-8-19(15-22(21)25)18-6-4-17(3)5-7-18/h4-9,15-16,20H,10-14H2,1-3H3,(H,26,29). The van der Waals surface area contributed by atoms with Crippen LogP contribution >= 0.6 is 0 Å². The molecule has 0 spiro atoms. The molecule has 0 atom stereocenters. The fraction of sp³-hybridized carbons (Fsp3) is 0.417.